The van der Waals surface area contributed by atoms with Crippen LogP contribution in [0, 0.1) is 0 Å². The van der Waals surface area contributed by atoms with Crippen LogP contribution >= 0.6 is 0 Å². The summed E-state index contributed by atoms with van der Waals surface area (Å²) in [4.78, 5) is 0. The highest BCUT2D eigenvalue weighted by molar-refractivity contribution is 5.36. The monoisotopic (exact) mass is 285 g/mol. The standard InChI is InChI=1S/C18H23NO2/c1-2-17(19-12-16-7-4-10-21-16)18(20)15-9-8-13-5-3-6-14(13)11-15/h4,7-11,17-20H,2-3,5-6,12H2,1H3. The third kappa shape index (κ3) is 3.20. The van der Waals surface area contributed by atoms with Crippen LogP contribution in [0.15, 0.2) is 41.0 Å². The molecule has 1 aliphatic carbocycles. The molecule has 0 fully saturated rings. The molecule has 0 amide bonds. The van der Waals surface area contributed by atoms with Gasteiger partial charge in [-0.05, 0) is 54.5 Å². The zero-order valence-corrected chi connectivity index (χ0v) is 12.5. The lowest BCUT2D eigenvalue weighted by Gasteiger charge is -2.23. The van der Waals surface area contributed by atoms with E-state index in [1.165, 1.54) is 24.0 Å². The van der Waals surface area contributed by atoms with E-state index in [2.05, 4.69) is 30.4 Å². The van der Waals surface area contributed by atoms with Gasteiger partial charge in [-0.25, -0.2) is 0 Å². The fraction of sp³-hybridized carbons (Fsp3) is 0.444. The molecule has 0 aliphatic heterocycles. The van der Waals surface area contributed by atoms with E-state index in [9.17, 15) is 5.11 Å². The minimum atomic E-state index is -0.476. The Hall–Kier alpha value is -1.58. The molecule has 2 aromatic rings. The van der Waals surface area contributed by atoms with Crippen LogP contribution in [0.5, 0.6) is 0 Å². The maximum absolute atomic E-state index is 10.6. The molecule has 2 N–H and O–H groups in total. The van der Waals surface area contributed by atoms with Gasteiger partial charge in [-0.15, -0.1) is 0 Å². The van der Waals surface area contributed by atoms with Crippen LogP contribution in [0.1, 0.15) is 48.3 Å². The molecule has 0 bridgehead atoms. The van der Waals surface area contributed by atoms with Crippen molar-refractivity contribution >= 4 is 0 Å². The van der Waals surface area contributed by atoms with Gasteiger partial charge in [0.1, 0.15) is 5.76 Å². The molecule has 112 valence electrons. The maximum Gasteiger partial charge on any atom is 0.117 e. The second-order valence-corrected chi connectivity index (χ2v) is 5.80. The normalized spacial score (nSPS) is 16.7. The van der Waals surface area contributed by atoms with E-state index >= 15 is 0 Å². The predicted octanol–water partition coefficient (Wildman–Crippen LogP) is 3.37. The number of fused-ring (bicyclic) bond motifs is 1. The minimum absolute atomic E-state index is 0.0366. The van der Waals surface area contributed by atoms with Gasteiger partial charge in [0.15, 0.2) is 0 Å². The lowest BCUT2D eigenvalue weighted by molar-refractivity contribution is 0.124. The van der Waals surface area contributed by atoms with Crippen molar-refractivity contribution in [1.82, 2.24) is 5.32 Å². The van der Waals surface area contributed by atoms with Gasteiger partial charge in [-0.1, -0.05) is 25.1 Å². The van der Waals surface area contributed by atoms with Crippen molar-refractivity contribution in [2.24, 2.45) is 0 Å². The molecule has 0 saturated carbocycles. The number of rotatable bonds is 6. The van der Waals surface area contributed by atoms with Gasteiger partial charge in [0.2, 0.25) is 0 Å². The summed E-state index contributed by atoms with van der Waals surface area (Å²) in [6, 6.07) is 10.3. The zero-order valence-electron chi connectivity index (χ0n) is 12.5. The van der Waals surface area contributed by atoms with Gasteiger partial charge in [0.25, 0.3) is 0 Å². The number of aliphatic hydroxyl groups excluding tert-OH is 1. The quantitative estimate of drug-likeness (QED) is 0.855. The molecule has 3 nitrogen and oxygen atoms in total. The summed E-state index contributed by atoms with van der Waals surface area (Å²) in [5, 5.41) is 14.0. The van der Waals surface area contributed by atoms with Gasteiger partial charge in [0, 0.05) is 6.04 Å². The van der Waals surface area contributed by atoms with E-state index in [0.29, 0.717) is 6.54 Å². The maximum atomic E-state index is 10.6. The summed E-state index contributed by atoms with van der Waals surface area (Å²) in [5.41, 5.74) is 3.88. The first kappa shape index (κ1) is 14.4. The highest BCUT2D eigenvalue weighted by Gasteiger charge is 2.21. The number of aryl methyl sites for hydroxylation is 2. The first-order valence-corrected chi connectivity index (χ1v) is 7.83. The van der Waals surface area contributed by atoms with E-state index in [1.807, 2.05) is 12.1 Å². The van der Waals surface area contributed by atoms with Crippen LogP contribution in [0.3, 0.4) is 0 Å². The average molecular weight is 285 g/mol. The van der Waals surface area contributed by atoms with Crippen molar-refractivity contribution in [3.05, 3.63) is 59.0 Å². The van der Waals surface area contributed by atoms with E-state index in [1.54, 1.807) is 6.26 Å². The fourth-order valence-electron chi connectivity index (χ4n) is 3.13. The summed E-state index contributed by atoms with van der Waals surface area (Å²) in [6.45, 7) is 2.74. The van der Waals surface area contributed by atoms with Crippen molar-refractivity contribution in [2.75, 3.05) is 0 Å². The van der Waals surface area contributed by atoms with Crippen LogP contribution in [0.4, 0.5) is 0 Å². The minimum Gasteiger partial charge on any atom is -0.468 e. The van der Waals surface area contributed by atoms with E-state index < -0.39 is 6.10 Å². The number of furan rings is 1. The molecular weight excluding hydrogens is 262 g/mol. The van der Waals surface area contributed by atoms with Crippen molar-refractivity contribution in [3.63, 3.8) is 0 Å². The van der Waals surface area contributed by atoms with Crippen molar-refractivity contribution in [2.45, 2.75) is 51.3 Å². The molecule has 3 heteroatoms. The number of aliphatic hydroxyl groups is 1. The summed E-state index contributed by atoms with van der Waals surface area (Å²) in [5.74, 6) is 0.898. The number of hydrogen-bond donors (Lipinski definition) is 2. The van der Waals surface area contributed by atoms with Gasteiger partial charge in [0.05, 0.1) is 18.9 Å². The van der Waals surface area contributed by atoms with Gasteiger partial charge in [-0.2, -0.15) is 0 Å². The molecule has 2 unspecified atom stereocenters. The Balaban J connectivity index is 1.68. The topological polar surface area (TPSA) is 45.4 Å². The summed E-state index contributed by atoms with van der Waals surface area (Å²) in [7, 11) is 0. The average Bonchev–Trinajstić information content (AvgIpc) is 3.18. The molecular formula is C18H23NO2. The summed E-state index contributed by atoms with van der Waals surface area (Å²) in [6.07, 6.45) is 5.64. The summed E-state index contributed by atoms with van der Waals surface area (Å²) < 4.78 is 5.33. The number of benzene rings is 1. The van der Waals surface area contributed by atoms with Crippen LogP contribution in [-0.2, 0) is 19.4 Å². The Morgan fingerprint density at radius 3 is 2.86 bits per heavy atom. The molecule has 0 radical (unpaired) electrons. The predicted molar refractivity (Wildman–Crippen MR) is 83.1 cm³/mol. The Labute approximate surface area is 126 Å². The molecule has 1 heterocycles. The van der Waals surface area contributed by atoms with E-state index in [-0.39, 0.29) is 6.04 Å². The molecule has 21 heavy (non-hydrogen) atoms. The Kier molecular flexibility index (Phi) is 4.42. The molecule has 3 rings (SSSR count). The van der Waals surface area contributed by atoms with Crippen molar-refractivity contribution in [1.29, 1.82) is 0 Å². The van der Waals surface area contributed by atoms with Gasteiger partial charge < -0.3 is 14.8 Å². The smallest absolute Gasteiger partial charge is 0.117 e. The van der Waals surface area contributed by atoms with Crippen molar-refractivity contribution < 1.29 is 9.52 Å². The Morgan fingerprint density at radius 1 is 1.24 bits per heavy atom. The lowest BCUT2D eigenvalue weighted by Crippen LogP contribution is -2.34. The van der Waals surface area contributed by atoms with Crippen LogP contribution in [0.2, 0.25) is 0 Å². The van der Waals surface area contributed by atoms with Gasteiger partial charge in [-0.3, -0.25) is 0 Å². The highest BCUT2D eigenvalue weighted by Crippen LogP contribution is 2.27. The third-order valence-electron chi connectivity index (χ3n) is 4.40. The van der Waals surface area contributed by atoms with Gasteiger partial charge >= 0.3 is 0 Å². The lowest BCUT2D eigenvalue weighted by atomic mass is 9.97. The molecule has 2 atom stereocenters. The third-order valence-corrected chi connectivity index (χ3v) is 4.40. The number of nitrogens with one attached hydrogen (secondary N) is 1. The van der Waals surface area contributed by atoms with Crippen LogP contribution in [0.25, 0.3) is 0 Å². The largest absolute Gasteiger partial charge is 0.468 e. The molecule has 0 spiro atoms. The van der Waals surface area contributed by atoms with E-state index in [0.717, 1.165) is 24.2 Å². The SMILES string of the molecule is CCC(NCc1ccco1)C(O)c1ccc2c(c1)CCC2. The second-order valence-electron chi connectivity index (χ2n) is 5.80. The van der Waals surface area contributed by atoms with Crippen molar-refractivity contribution in [3.8, 4) is 0 Å². The Bertz CT molecular complexity index is 577. The second kappa shape index (κ2) is 6.46. The zero-order chi connectivity index (χ0) is 14.7. The fourth-order valence-corrected chi connectivity index (χ4v) is 3.13. The highest BCUT2D eigenvalue weighted by atomic mass is 16.3. The Morgan fingerprint density at radius 2 is 2.10 bits per heavy atom. The van der Waals surface area contributed by atoms with Crippen LogP contribution < -0.4 is 5.32 Å². The first-order chi connectivity index (χ1) is 10.3. The van der Waals surface area contributed by atoms with E-state index in [4.69, 9.17) is 4.42 Å². The first-order valence-electron chi connectivity index (χ1n) is 7.83. The number of hydrogen-bond acceptors (Lipinski definition) is 3. The van der Waals surface area contributed by atoms with Crippen LogP contribution in [-0.4, -0.2) is 11.1 Å². The molecule has 1 aromatic carbocycles. The molecule has 1 aliphatic rings. The summed E-state index contributed by atoms with van der Waals surface area (Å²) >= 11 is 0. The molecule has 0 saturated heterocycles. The molecule has 1 aromatic heterocycles.